The van der Waals surface area contributed by atoms with Crippen LogP contribution in [-0.4, -0.2) is 36.6 Å². The monoisotopic (exact) mass is 422 g/mol. The Hall–Kier alpha value is -2.09. The molecule has 0 aliphatic carbocycles. The molecule has 3 aromatic rings. The summed E-state index contributed by atoms with van der Waals surface area (Å²) in [5.41, 5.74) is 1.94. The predicted octanol–water partition coefficient (Wildman–Crippen LogP) is 4.28. The summed E-state index contributed by atoms with van der Waals surface area (Å²) in [5.74, 6) is 0.675. The molecule has 1 N–H and O–H groups in total. The molecule has 0 aliphatic rings. The van der Waals surface area contributed by atoms with Crippen LogP contribution in [0.3, 0.4) is 0 Å². The second kappa shape index (κ2) is 8.73. The van der Waals surface area contributed by atoms with E-state index in [4.69, 9.17) is 35.4 Å². The fourth-order valence-corrected chi connectivity index (χ4v) is 3.20. The van der Waals surface area contributed by atoms with Crippen LogP contribution in [0.1, 0.15) is 18.2 Å². The average molecular weight is 423 g/mol. The molecule has 0 radical (unpaired) electrons. The van der Waals surface area contributed by atoms with Gasteiger partial charge in [0.05, 0.1) is 30.0 Å². The molecule has 0 fully saturated rings. The Morgan fingerprint density at radius 3 is 2.74 bits per heavy atom. The summed E-state index contributed by atoms with van der Waals surface area (Å²) in [7, 11) is 1.90. The topological polar surface area (TPSA) is 50.9 Å². The standard InChI is InChI=1S/C18H20Cl2N6S/c1-3-26-16(15(20)10-21-26)12-24(2)18(27)22-17-8-9-25(23-17)11-13-6-4-5-7-14(13)19/h4-10H,3,11-12H2,1-2H3,(H,22,23,27). The fraction of sp³-hybridized carbons (Fsp3) is 0.278. The van der Waals surface area contributed by atoms with Crippen molar-refractivity contribution in [2.45, 2.75) is 26.6 Å². The Morgan fingerprint density at radius 1 is 1.22 bits per heavy atom. The van der Waals surface area contributed by atoms with Gasteiger partial charge in [0.2, 0.25) is 0 Å². The minimum absolute atomic E-state index is 0.554. The number of rotatable bonds is 6. The third-order valence-electron chi connectivity index (χ3n) is 4.10. The van der Waals surface area contributed by atoms with E-state index >= 15 is 0 Å². The van der Waals surface area contributed by atoms with Crippen molar-refractivity contribution < 1.29 is 0 Å². The largest absolute Gasteiger partial charge is 0.346 e. The number of nitrogens with one attached hydrogen (secondary N) is 1. The predicted molar refractivity (Wildman–Crippen MR) is 113 cm³/mol. The molecule has 0 unspecified atom stereocenters. The molecule has 0 amide bonds. The minimum atomic E-state index is 0.554. The number of halogens is 2. The van der Waals surface area contributed by atoms with Crippen molar-refractivity contribution in [3.63, 3.8) is 0 Å². The summed E-state index contributed by atoms with van der Waals surface area (Å²) in [4.78, 5) is 1.90. The van der Waals surface area contributed by atoms with Gasteiger partial charge in [-0.2, -0.15) is 10.2 Å². The summed E-state index contributed by atoms with van der Waals surface area (Å²) >= 11 is 17.9. The highest BCUT2D eigenvalue weighted by atomic mass is 35.5. The number of aromatic nitrogens is 4. The number of nitrogens with zero attached hydrogens (tertiary/aromatic N) is 5. The first-order valence-corrected chi connectivity index (χ1v) is 9.63. The zero-order valence-electron chi connectivity index (χ0n) is 15.1. The Morgan fingerprint density at radius 2 is 2.00 bits per heavy atom. The molecule has 0 saturated heterocycles. The molecule has 0 spiro atoms. The first kappa shape index (κ1) is 19.7. The molecule has 27 heavy (non-hydrogen) atoms. The van der Waals surface area contributed by atoms with Gasteiger partial charge in [-0.1, -0.05) is 41.4 Å². The Balaban J connectivity index is 1.62. The van der Waals surface area contributed by atoms with Gasteiger partial charge in [0.15, 0.2) is 10.9 Å². The van der Waals surface area contributed by atoms with E-state index in [0.717, 1.165) is 22.8 Å². The van der Waals surface area contributed by atoms with Gasteiger partial charge in [0, 0.05) is 30.9 Å². The first-order valence-electron chi connectivity index (χ1n) is 8.47. The number of aryl methyl sites for hydroxylation is 1. The second-order valence-electron chi connectivity index (χ2n) is 6.03. The number of thiocarbonyl (C=S) groups is 1. The van der Waals surface area contributed by atoms with Gasteiger partial charge in [0.1, 0.15) is 0 Å². The number of anilines is 1. The van der Waals surface area contributed by atoms with Crippen molar-refractivity contribution in [2.75, 3.05) is 12.4 Å². The van der Waals surface area contributed by atoms with Gasteiger partial charge in [-0.05, 0) is 30.8 Å². The molecule has 142 valence electrons. The van der Waals surface area contributed by atoms with Crippen LogP contribution in [0.5, 0.6) is 0 Å². The SMILES string of the molecule is CCn1ncc(Cl)c1CN(C)C(=S)Nc1ccn(Cc2ccccc2Cl)n1. The van der Waals surface area contributed by atoms with Gasteiger partial charge >= 0.3 is 0 Å². The van der Waals surface area contributed by atoms with E-state index in [1.807, 2.05) is 64.8 Å². The van der Waals surface area contributed by atoms with E-state index in [2.05, 4.69) is 15.5 Å². The van der Waals surface area contributed by atoms with Crippen LogP contribution in [0.25, 0.3) is 0 Å². The van der Waals surface area contributed by atoms with E-state index < -0.39 is 0 Å². The van der Waals surface area contributed by atoms with Crippen molar-refractivity contribution in [2.24, 2.45) is 0 Å². The van der Waals surface area contributed by atoms with E-state index in [-0.39, 0.29) is 0 Å². The van der Waals surface area contributed by atoms with Gasteiger partial charge < -0.3 is 10.2 Å². The van der Waals surface area contributed by atoms with Crippen molar-refractivity contribution in [3.8, 4) is 0 Å². The second-order valence-corrected chi connectivity index (χ2v) is 7.23. The van der Waals surface area contributed by atoms with Gasteiger partial charge in [0.25, 0.3) is 0 Å². The van der Waals surface area contributed by atoms with Crippen molar-refractivity contribution in [1.29, 1.82) is 0 Å². The highest BCUT2D eigenvalue weighted by Crippen LogP contribution is 2.18. The molecule has 3 rings (SSSR count). The molecular formula is C18H20Cl2N6S. The summed E-state index contributed by atoms with van der Waals surface area (Å²) < 4.78 is 3.68. The zero-order chi connectivity index (χ0) is 19.4. The highest BCUT2D eigenvalue weighted by molar-refractivity contribution is 7.80. The van der Waals surface area contributed by atoms with Crippen molar-refractivity contribution >= 4 is 46.4 Å². The quantitative estimate of drug-likeness (QED) is 0.600. The lowest BCUT2D eigenvalue weighted by Crippen LogP contribution is -2.31. The van der Waals surface area contributed by atoms with Crippen LogP contribution in [0.4, 0.5) is 5.82 Å². The molecule has 6 nitrogen and oxygen atoms in total. The number of hydrogen-bond acceptors (Lipinski definition) is 3. The van der Waals surface area contributed by atoms with E-state index in [9.17, 15) is 0 Å². The van der Waals surface area contributed by atoms with Crippen LogP contribution >= 0.6 is 35.4 Å². The molecule has 0 atom stereocenters. The lowest BCUT2D eigenvalue weighted by atomic mass is 10.2. The average Bonchev–Trinajstić information content (AvgIpc) is 3.23. The normalized spacial score (nSPS) is 10.8. The van der Waals surface area contributed by atoms with E-state index in [1.54, 1.807) is 6.20 Å². The summed E-state index contributed by atoms with van der Waals surface area (Å²) in [5, 5.41) is 13.8. The number of benzene rings is 1. The molecule has 2 heterocycles. The van der Waals surface area contributed by atoms with Crippen LogP contribution in [0, 0.1) is 0 Å². The minimum Gasteiger partial charge on any atom is -0.346 e. The molecule has 9 heteroatoms. The lowest BCUT2D eigenvalue weighted by Gasteiger charge is -2.20. The molecule has 0 saturated carbocycles. The van der Waals surface area contributed by atoms with Crippen LogP contribution in [0.15, 0.2) is 42.7 Å². The first-order chi connectivity index (χ1) is 13.0. The summed E-state index contributed by atoms with van der Waals surface area (Å²) in [6, 6.07) is 9.60. The molecule has 0 bridgehead atoms. The highest BCUT2D eigenvalue weighted by Gasteiger charge is 2.13. The summed E-state index contributed by atoms with van der Waals surface area (Å²) in [6.07, 6.45) is 3.54. The summed E-state index contributed by atoms with van der Waals surface area (Å²) in [6.45, 7) is 3.92. The Labute approximate surface area is 173 Å². The van der Waals surface area contributed by atoms with Crippen molar-refractivity contribution in [3.05, 3.63) is 64.0 Å². The smallest absolute Gasteiger partial charge is 0.174 e. The van der Waals surface area contributed by atoms with Crippen LogP contribution in [-0.2, 0) is 19.6 Å². The van der Waals surface area contributed by atoms with Crippen LogP contribution < -0.4 is 5.32 Å². The van der Waals surface area contributed by atoms with E-state index in [0.29, 0.717) is 29.0 Å². The third-order valence-corrected chi connectivity index (χ3v) is 5.19. The maximum Gasteiger partial charge on any atom is 0.174 e. The fourth-order valence-electron chi connectivity index (χ4n) is 2.64. The van der Waals surface area contributed by atoms with Gasteiger partial charge in [-0.25, -0.2) is 0 Å². The molecule has 0 aliphatic heterocycles. The van der Waals surface area contributed by atoms with E-state index in [1.165, 1.54) is 0 Å². The maximum absolute atomic E-state index is 6.23. The molecule has 1 aromatic carbocycles. The van der Waals surface area contributed by atoms with Crippen LogP contribution in [0.2, 0.25) is 10.0 Å². The van der Waals surface area contributed by atoms with Gasteiger partial charge in [-0.3, -0.25) is 9.36 Å². The molecule has 2 aromatic heterocycles. The lowest BCUT2D eigenvalue weighted by molar-refractivity contribution is 0.471. The maximum atomic E-state index is 6.23. The van der Waals surface area contributed by atoms with Crippen molar-refractivity contribution in [1.82, 2.24) is 24.5 Å². The Kier molecular flexibility index (Phi) is 6.36. The van der Waals surface area contributed by atoms with Gasteiger partial charge in [-0.15, -0.1) is 0 Å². The third kappa shape index (κ3) is 4.80. The number of hydrogen-bond donors (Lipinski definition) is 1. The zero-order valence-corrected chi connectivity index (χ0v) is 17.4. The molecular weight excluding hydrogens is 403 g/mol. The Bertz CT molecular complexity index is 936.